The predicted octanol–water partition coefficient (Wildman–Crippen LogP) is 3.57. The fourth-order valence-corrected chi connectivity index (χ4v) is 1.81. The van der Waals surface area contributed by atoms with Gasteiger partial charge in [0, 0.05) is 0 Å². The summed E-state index contributed by atoms with van der Waals surface area (Å²) in [4.78, 5) is 0. The van der Waals surface area contributed by atoms with E-state index in [1.165, 1.54) is 0 Å². The molecule has 0 unspecified atom stereocenters. The van der Waals surface area contributed by atoms with Gasteiger partial charge in [-0.2, -0.15) is 0 Å². The van der Waals surface area contributed by atoms with E-state index in [1.807, 2.05) is 30.3 Å². The summed E-state index contributed by atoms with van der Waals surface area (Å²) in [6, 6.07) is 12.3. The zero-order valence-electron chi connectivity index (χ0n) is 11.6. The van der Waals surface area contributed by atoms with Crippen LogP contribution in [-0.2, 0) is 6.61 Å². The van der Waals surface area contributed by atoms with Gasteiger partial charge >= 0.3 is 0 Å². The third kappa shape index (κ3) is 4.34. The molecule has 0 aromatic heterocycles. The van der Waals surface area contributed by atoms with Crippen molar-refractivity contribution in [2.45, 2.75) is 6.61 Å². The summed E-state index contributed by atoms with van der Waals surface area (Å²) in [5, 5.41) is 9.26. The van der Waals surface area contributed by atoms with Crippen molar-refractivity contribution in [3.05, 3.63) is 53.6 Å². The summed E-state index contributed by atoms with van der Waals surface area (Å²) in [5.74, 6) is 7.64. The third-order valence-electron chi connectivity index (χ3n) is 2.81. The first-order valence-corrected chi connectivity index (χ1v) is 6.90. The van der Waals surface area contributed by atoms with E-state index in [2.05, 4.69) is 11.8 Å². The largest absolute Gasteiger partial charge is 0.508 e. The lowest BCUT2D eigenvalue weighted by Gasteiger charge is -2.10. The summed E-state index contributed by atoms with van der Waals surface area (Å²) in [6.07, 6.45) is 0. The van der Waals surface area contributed by atoms with Gasteiger partial charge in [0.15, 0.2) is 0 Å². The van der Waals surface area contributed by atoms with Crippen molar-refractivity contribution in [2.24, 2.45) is 0 Å². The van der Waals surface area contributed by atoms with Crippen LogP contribution in [0.15, 0.2) is 42.5 Å². The average Bonchev–Trinajstić information content (AvgIpc) is 2.52. The zero-order valence-corrected chi connectivity index (χ0v) is 12.4. The van der Waals surface area contributed by atoms with Crippen LogP contribution in [0.2, 0.25) is 0 Å². The van der Waals surface area contributed by atoms with E-state index in [4.69, 9.17) is 21.1 Å². The maximum atomic E-state index is 9.26. The SMILES string of the molecule is COc1ccc(OCc2ccc(O)cc2)c(C#CCCl)c1. The molecule has 108 valence electrons. The Morgan fingerprint density at radius 3 is 2.57 bits per heavy atom. The second-order valence-corrected chi connectivity index (χ2v) is 4.52. The number of hydrogen-bond donors (Lipinski definition) is 1. The number of ether oxygens (including phenoxy) is 2. The molecular weight excluding hydrogens is 288 g/mol. The molecule has 0 amide bonds. The van der Waals surface area contributed by atoms with Crippen molar-refractivity contribution in [2.75, 3.05) is 13.0 Å². The molecule has 4 heteroatoms. The molecule has 0 bridgehead atoms. The highest BCUT2D eigenvalue weighted by Gasteiger charge is 2.04. The Labute approximate surface area is 129 Å². The minimum Gasteiger partial charge on any atom is -0.508 e. The molecule has 0 heterocycles. The molecule has 0 aliphatic heterocycles. The molecule has 2 aromatic rings. The average molecular weight is 303 g/mol. The number of benzene rings is 2. The van der Waals surface area contributed by atoms with Crippen LogP contribution in [0.3, 0.4) is 0 Å². The monoisotopic (exact) mass is 302 g/mol. The highest BCUT2D eigenvalue weighted by Crippen LogP contribution is 2.24. The van der Waals surface area contributed by atoms with Crippen LogP contribution in [0.4, 0.5) is 0 Å². The van der Waals surface area contributed by atoms with Crippen molar-refractivity contribution in [1.82, 2.24) is 0 Å². The Kier molecular flexibility index (Phi) is 5.36. The Hall–Kier alpha value is -2.31. The fourth-order valence-electron chi connectivity index (χ4n) is 1.74. The number of phenolic OH excluding ortho intramolecular Hbond substituents is 1. The van der Waals surface area contributed by atoms with E-state index in [0.717, 1.165) is 11.1 Å². The van der Waals surface area contributed by atoms with E-state index in [9.17, 15) is 5.11 Å². The van der Waals surface area contributed by atoms with Gasteiger partial charge in [-0.1, -0.05) is 24.0 Å². The Bertz CT molecular complexity index is 654. The highest BCUT2D eigenvalue weighted by atomic mass is 35.5. The number of phenols is 1. The second-order valence-electron chi connectivity index (χ2n) is 4.25. The molecular formula is C17H15ClO3. The molecule has 0 aliphatic carbocycles. The number of rotatable bonds is 4. The molecule has 0 aliphatic rings. The summed E-state index contributed by atoms with van der Waals surface area (Å²) in [5.41, 5.74) is 1.69. The number of halogens is 1. The van der Waals surface area contributed by atoms with Gasteiger partial charge < -0.3 is 14.6 Å². The van der Waals surface area contributed by atoms with Gasteiger partial charge in [0.2, 0.25) is 0 Å². The first-order chi connectivity index (χ1) is 10.2. The van der Waals surface area contributed by atoms with Crippen LogP contribution in [0.25, 0.3) is 0 Å². The molecule has 0 spiro atoms. The fraction of sp³-hybridized carbons (Fsp3) is 0.176. The van der Waals surface area contributed by atoms with Gasteiger partial charge in [0.25, 0.3) is 0 Å². The summed E-state index contributed by atoms with van der Waals surface area (Å²) in [6.45, 7) is 0.391. The van der Waals surface area contributed by atoms with Crippen LogP contribution in [0.5, 0.6) is 17.2 Å². The van der Waals surface area contributed by atoms with E-state index in [1.54, 1.807) is 19.2 Å². The van der Waals surface area contributed by atoms with Crippen LogP contribution in [0.1, 0.15) is 11.1 Å². The Morgan fingerprint density at radius 2 is 1.90 bits per heavy atom. The standard InChI is InChI=1S/C17H15ClO3/c1-20-16-8-9-17(14(11-16)3-2-10-18)21-12-13-4-6-15(19)7-5-13/h4-9,11,19H,10,12H2,1H3. The third-order valence-corrected chi connectivity index (χ3v) is 2.94. The molecule has 21 heavy (non-hydrogen) atoms. The quantitative estimate of drug-likeness (QED) is 0.693. The molecule has 3 nitrogen and oxygen atoms in total. The van der Waals surface area contributed by atoms with Crippen molar-refractivity contribution < 1.29 is 14.6 Å². The van der Waals surface area contributed by atoms with Crippen LogP contribution in [-0.4, -0.2) is 18.1 Å². The second kappa shape index (κ2) is 7.47. The highest BCUT2D eigenvalue weighted by molar-refractivity contribution is 6.19. The maximum Gasteiger partial charge on any atom is 0.135 e. The number of methoxy groups -OCH3 is 1. The zero-order chi connectivity index (χ0) is 15.1. The van der Waals surface area contributed by atoms with Crippen molar-refractivity contribution >= 4 is 11.6 Å². The molecule has 0 saturated heterocycles. The van der Waals surface area contributed by atoms with Crippen molar-refractivity contribution in [3.8, 4) is 29.1 Å². The summed E-state index contributed by atoms with van der Waals surface area (Å²) in [7, 11) is 1.60. The number of aromatic hydroxyl groups is 1. The lowest BCUT2D eigenvalue weighted by molar-refractivity contribution is 0.304. The van der Waals surface area contributed by atoms with Gasteiger partial charge in [-0.05, 0) is 35.9 Å². The van der Waals surface area contributed by atoms with Gasteiger partial charge in [-0.25, -0.2) is 0 Å². The molecule has 0 atom stereocenters. The minimum absolute atomic E-state index is 0.233. The lowest BCUT2D eigenvalue weighted by Crippen LogP contribution is -1.97. The number of alkyl halides is 1. The van der Waals surface area contributed by atoms with E-state index in [0.29, 0.717) is 18.1 Å². The molecule has 0 fully saturated rings. The smallest absolute Gasteiger partial charge is 0.135 e. The van der Waals surface area contributed by atoms with Crippen molar-refractivity contribution in [3.63, 3.8) is 0 Å². The Balaban J connectivity index is 2.16. The minimum atomic E-state index is 0.233. The van der Waals surface area contributed by atoms with Gasteiger partial charge in [-0.15, -0.1) is 11.6 Å². The molecule has 0 radical (unpaired) electrons. The van der Waals surface area contributed by atoms with Crippen LogP contribution >= 0.6 is 11.6 Å². The van der Waals surface area contributed by atoms with Gasteiger partial charge in [-0.3, -0.25) is 0 Å². The van der Waals surface area contributed by atoms with Gasteiger partial charge in [0.05, 0.1) is 18.6 Å². The Morgan fingerprint density at radius 1 is 1.14 bits per heavy atom. The number of hydrogen-bond acceptors (Lipinski definition) is 3. The predicted molar refractivity (Wildman–Crippen MR) is 83.0 cm³/mol. The lowest BCUT2D eigenvalue weighted by atomic mass is 10.2. The van der Waals surface area contributed by atoms with Crippen LogP contribution < -0.4 is 9.47 Å². The molecule has 0 saturated carbocycles. The molecule has 2 rings (SSSR count). The summed E-state index contributed by atoms with van der Waals surface area (Å²) < 4.78 is 11.0. The van der Waals surface area contributed by atoms with Gasteiger partial charge in [0.1, 0.15) is 23.9 Å². The maximum absolute atomic E-state index is 9.26. The van der Waals surface area contributed by atoms with Crippen LogP contribution in [0, 0.1) is 11.8 Å². The topological polar surface area (TPSA) is 38.7 Å². The van der Waals surface area contributed by atoms with E-state index in [-0.39, 0.29) is 11.6 Å². The molecule has 1 N–H and O–H groups in total. The first-order valence-electron chi connectivity index (χ1n) is 6.36. The van der Waals surface area contributed by atoms with E-state index < -0.39 is 0 Å². The van der Waals surface area contributed by atoms with Crippen molar-refractivity contribution in [1.29, 1.82) is 0 Å². The normalized spacial score (nSPS) is 9.62. The first kappa shape index (κ1) is 15.1. The summed E-state index contributed by atoms with van der Waals surface area (Å²) >= 11 is 5.60. The van der Waals surface area contributed by atoms with E-state index >= 15 is 0 Å². The molecule has 2 aromatic carbocycles.